The van der Waals surface area contributed by atoms with Crippen LogP contribution in [0.15, 0.2) is 0 Å². The first kappa shape index (κ1) is 14.2. The Hall–Kier alpha value is -0.820. The molecule has 0 saturated carbocycles. The zero-order valence-corrected chi connectivity index (χ0v) is 9.72. The van der Waals surface area contributed by atoms with Crippen LogP contribution in [0, 0.1) is 0 Å². The molecular weight excluding hydrogens is 237 g/mol. The summed E-state index contributed by atoms with van der Waals surface area (Å²) in [5, 5.41) is 3.04. The number of hydrogen-bond acceptors (Lipinski definition) is 3. The Balaban J connectivity index is 2.42. The minimum atomic E-state index is -4.35. The Morgan fingerprint density at radius 3 is 2.71 bits per heavy atom. The van der Waals surface area contributed by atoms with Crippen molar-refractivity contribution in [1.29, 1.82) is 0 Å². The monoisotopic (exact) mass is 254 g/mol. The summed E-state index contributed by atoms with van der Waals surface area (Å²) in [5.41, 5.74) is 0. The summed E-state index contributed by atoms with van der Waals surface area (Å²) in [5.74, 6) is -0.493. The molecule has 0 aromatic rings. The van der Waals surface area contributed by atoms with Gasteiger partial charge in [0.1, 0.15) is 6.54 Å². The molecule has 1 N–H and O–H groups in total. The van der Waals surface area contributed by atoms with Crippen LogP contribution >= 0.6 is 0 Å². The van der Waals surface area contributed by atoms with E-state index in [1.807, 2.05) is 0 Å². The van der Waals surface area contributed by atoms with Crippen LogP contribution in [-0.2, 0) is 9.53 Å². The van der Waals surface area contributed by atoms with E-state index >= 15 is 0 Å². The molecule has 1 rings (SSSR count). The van der Waals surface area contributed by atoms with Crippen molar-refractivity contribution in [3.8, 4) is 0 Å². The first-order valence-corrected chi connectivity index (χ1v) is 5.58. The van der Waals surface area contributed by atoms with Crippen molar-refractivity contribution in [3.05, 3.63) is 0 Å². The Bertz CT molecular complexity index is 252. The lowest BCUT2D eigenvalue weighted by molar-refractivity contribution is -0.161. The number of ether oxygens (including phenoxy) is 1. The average molecular weight is 254 g/mol. The fourth-order valence-corrected chi connectivity index (χ4v) is 1.68. The van der Waals surface area contributed by atoms with E-state index in [0.29, 0.717) is 19.8 Å². The van der Waals surface area contributed by atoms with Crippen LogP contribution < -0.4 is 5.32 Å². The predicted molar refractivity (Wildman–Crippen MR) is 55.5 cm³/mol. The molecule has 0 aromatic heterocycles. The van der Waals surface area contributed by atoms with Crippen LogP contribution in [0.2, 0.25) is 0 Å². The molecule has 1 heterocycles. The number of amides is 1. The number of alkyl halides is 3. The number of rotatable bonds is 4. The fourth-order valence-electron chi connectivity index (χ4n) is 1.68. The number of morpholine rings is 1. The highest BCUT2D eigenvalue weighted by Gasteiger charge is 2.32. The van der Waals surface area contributed by atoms with Gasteiger partial charge in [0.15, 0.2) is 0 Å². The van der Waals surface area contributed by atoms with Crippen LogP contribution in [0.3, 0.4) is 0 Å². The van der Waals surface area contributed by atoms with Gasteiger partial charge in [-0.1, -0.05) is 0 Å². The van der Waals surface area contributed by atoms with Crippen LogP contribution in [0.4, 0.5) is 13.2 Å². The highest BCUT2D eigenvalue weighted by atomic mass is 19.4. The van der Waals surface area contributed by atoms with Crippen molar-refractivity contribution in [2.24, 2.45) is 0 Å². The van der Waals surface area contributed by atoms with E-state index in [2.05, 4.69) is 5.32 Å². The minimum Gasteiger partial charge on any atom is -0.378 e. The Morgan fingerprint density at radius 2 is 2.24 bits per heavy atom. The van der Waals surface area contributed by atoms with Crippen LogP contribution in [0.5, 0.6) is 0 Å². The lowest BCUT2D eigenvalue weighted by Crippen LogP contribution is -2.46. The lowest BCUT2D eigenvalue weighted by Gasteiger charge is -2.27. The van der Waals surface area contributed by atoms with Gasteiger partial charge in [-0.3, -0.25) is 4.79 Å². The first-order valence-electron chi connectivity index (χ1n) is 5.58. The van der Waals surface area contributed by atoms with Gasteiger partial charge in [0.2, 0.25) is 5.91 Å². The summed E-state index contributed by atoms with van der Waals surface area (Å²) in [6.45, 7) is 1.99. The molecule has 4 nitrogen and oxygen atoms in total. The molecule has 1 aliphatic rings. The molecule has 0 aliphatic carbocycles. The lowest BCUT2D eigenvalue weighted by atomic mass is 10.2. The maximum absolute atomic E-state index is 12.2. The molecule has 1 unspecified atom stereocenters. The molecule has 1 atom stereocenters. The van der Waals surface area contributed by atoms with Gasteiger partial charge < -0.3 is 15.0 Å². The average Bonchev–Trinajstić information content (AvgIpc) is 2.26. The number of carbonyl (C=O) groups excluding carboxylic acids is 1. The smallest absolute Gasteiger partial charge is 0.378 e. The van der Waals surface area contributed by atoms with E-state index in [-0.39, 0.29) is 19.0 Å². The molecule has 7 heteroatoms. The summed E-state index contributed by atoms with van der Waals surface area (Å²) in [7, 11) is 0. The molecule has 0 radical (unpaired) electrons. The van der Waals surface area contributed by atoms with Crippen LogP contribution in [-0.4, -0.2) is 55.9 Å². The van der Waals surface area contributed by atoms with Crippen molar-refractivity contribution in [3.63, 3.8) is 0 Å². The molecule has 0 bridgehead atoms. The topological polar surface area (TPSA) is 41.6 Å². The second kappa shape index (κ2) is 6.20. The molecule has 17 heavy (non-hydrogen) atoms. The molecule has 100 valence electrons. The van der Waals surface area contributed by atoms with Gasteiger partial charge in [-0.25, -0.2) is 0 Å². The number of carbonyl (C=O) groups is 1. The highest BCUT2D eigenvalue weighted by Crippen LogP contribution is 2.17. The summed E-state index contributed by atoms with van der Waals surface area (Å²) in [4.78, 5) is 12.5. The van der Waals surface area contributed by atoms with Crippen molar-refractivity contribution < 1.29 is 22.7 Å². The van der Waals surface area contributed by atoms with Crippen molar-refractivity contribution in [2.75, 3.05) is 32.8 Å². The second-order valence-electron chi connectivity index (χ2n) is 3.95. The number of halogens is 3. The molecular formula is C10H17F3N2O2. The normalized spacial score (nSPS) is 21.3. The zero-order chi connectivity index (χ0) is 12.9. The minimum absolute atomic E-state index is 0.0456. The maximum atomic E-state index is 12.2. The van der Waals surface area contributed by atoms with E-state index in [9.17, 15) is 18.0 Å². The summed E-state index contributed by atoms with van der Waals surface area (Å²) in [6.07, 6.45) is -4.30. The molecule has 1 amide bonds. The predicted octanol–water partition coefficient (Wildman–Crippen LogP) is 0.776. The van der Waals surface area contributed by atoms with Crippen molar-refractivity contribution in [1.82, 2.24) is 10.2 Å². The van der Waals surface area contributed by atoms with Gasteiger partial charge >= 0.3 is 6.18 Å². The standard InChI is InChI=1S/C10H17F3N2O2/c1-2-15(7-10(11,12)13)9(16)5-8-6-17-4-3-14-8/h8,14H,2-7H2,1H3. The van der Waals surface area contributed by atoms with Gasteiger partial charge in [0.25, 0.3) is 0 Å². The summed E-state index contributed by atoms with van der Waals surface area (Å²) >= 11 is 0. The molecule has 1 aliphatic heterocycles. The van der Waals surface area contributed by atoms with E-state index in [1.165, 1.54) is 6.92 Å². The molecule has 0 aromatic carbocycles. The third kappa shape index (κ3) is 5.36. The van der Waals surface area contributed by atoms with E-state index in [0.717, 1.165) is 4.90 Å². The second-order valence-corrected chi connectivity index (χ2v) is 3.95. The Labute approximate surface area is 98.1 Å². The SMILES string of the molecule is CCN(CC(F)(F)F)C(=O)CC1COCCN1. The van der Waals surface area contributed by atoms with Crippen LogP contribution in [0.1, 0.15) is 13.3 Å². The largest absolute Gasteiger partial charge is 0.406 e. The van der Waals surface area contributed by atoms with Crippen molar-refractivity contribution >= 4 is 5.91 Å². The third-order valence-electron chi connectivity index (χ3n) is 2.52. The highest BCUT2D eigenvalue weighted by molar-refractivity contribution is 5.76. The fraction of sp³-hybridized carbons (Fsp3) is 0.900. The first-order chi connectivity index (χ1) is 7.92. The van der Waals surface area contributed by atoms with Crippen LogP contribution in [0.25, 0.3) is 0 Å². The Kier molecular flexibility index (Phi) is 5.20. The zero-order valence-electron chi connectivity index (χ0n) is 9.72. The third-order valence-corrected chi connectivity index (χ3v) is 2.52. The maximum Gasteiger partial charge on any atom is 0.406 e. The van der Waals surface area contributed by atoms with Gasteiger partial charge in [0, 0.05) is 25.6 Å². The quantitative estimate of drug-likeness (QED) is 0.806. The molecule has 1 fully saturated rings. The van der Waals surface area contributed by atoms with E-state index in [1.54, 1.807) is 0 Å². The van der Waals surface area contributed by atoms with E-state index in [4.69, 9.17) is 4.74 Å². The van der Waals surface area contributed by atoms with Crippen molar-refractivity contribution in [2.45, 2.75) is 25.6 Å². The number of hydrogen-bond donors (Lipinski definition) is 1. The number of nitrogens with one attached hydrogen (secondary N) is 1. The molecule has 0 spiro atoms. The molecule has 1 saturated heterocycles. The van der Waals surface area contributed by atoms with Gasteiger partial charge in [-0.15, -0.1) is 0 Å². The van der Waals surface area contributed by atoms with Gasteiger partial charge in [-0.2, -0.15) is 13.2 Å². The summed E-state index contributed by atoms with van der Waals surface area (Å²) in [6, 6.07) is -0.182. The number of nitrogens with zero attached hydrogens (tertiary/aromatic N) is 1. The van der Waals surface area contributed by atoms with Gasteiger partial charge in [0.05, 0.1) is 13.2 Å². The summed E-state index contributed by atoms with van der Waals surface area (Å²) < 4.78 is 41.7. The Morgan fingerprint density at radius 1 is 1.53 bits per heavy atom. The van der Waals surface area contributed by atoms with Gasteiger partial charge in [-0.05, 0) is 6.92 Å². The van der Waals surface area contributed by atoms with E-state index < -0.39 is 18.6 Å².